The minimum absolute atomic E-state index is 0.491. The zero-order valence-electron chi connectivity index (χ0n) is 8.94. The quantitative estimate of drug-likeness (QED) is 0.689. The molecule has 5 nitrogen and oxygen atoms in total. The molecule has 0 radical (unpaired) electrons. The predicted molar refractivity (Wildman–Crippen MR) is 55.8 cm³/mol. The van der Waals surface area contributed by atoms with Crippen molar-refractivity contribution in [2.24, 2.45) is 0 Å². The van der Waals surface area contributed by atoms with Crippen molar-refractivity contribution in [2.45, 2.75) is 4.90 Å². The summed E-state index contributed by atoms with van der Waals surface area (Å²) in [6, 6.07) is 0.722. The van der Waals surface area contributed by atoms with Gasteiger partial charge in [0, 0.05) is 11.7 Å². The third-order valence-electron chi connectivity index (χ3n) is 2.02. The number of hydrogen-bond donors (Lipinski definition) is 2. The summed E-state index contributed by atoms with van der Waals surface area (Å²) < 4.78 is 54.0. The molecule has 0 bridgehead atoms. The molecule has 94 valence electrons. The highest BCUT2D eigenvalue weighted by Crippen LogP contribution is 2.27. The van der Waals surface area contributed by atoms with Crippen molar-refractivity contribution >= 4 is 22.4 Å². The summed E-state index contributed by atoms with van der Waals surface area (Å²) in [4.78, 5) is -0.957. The highest BCUT2D eigenvalue weighted by Gasteiger charge is 2.29. The van der Waals surface area contributed by atoms with E-state index in [4.69, 9.17) is 10.0 Å². The van der Waals surface area contributed by atoms with Gasteiger partial charge in [0.05, 0.1) is 7.11 Å². The van der Waals surface area contributed by atoms with E-state index < -0.39 is 44.7 Å². The number of halogens is 2. The number of rotatable bonds is 3. The van der Waals surface area contributed by atoms with E-state index in [1.165, 1.54) is 0 Å². The van der Waals surface area contributed by atoms with Crippen LogP contribution in [0.4, 0.5) is 8.78 Å². The van der Waals surface area contributed by atoms with Gasteiger partial charge in [-0.15, -0.1) is 0 Å². The topological polar surface area (TPSA) is 83.8 Å². The van der Waals surface area contributed by atoms with Crippen LogP contribution >= 0.6 is 0 Å². The highest BCUT2D eigenvalue weighted by molar-refractivity contribution is 7.90. The van der Waals surface area contributed by atoms with Crippen LogP contribution in [0.15, 0.2) is 11.0 Å². The minimum atomic E-state index is -4.04. The molecule has 0 unspecified atom stereocenters. The molecule has 1 aromatic carbocycles. The van der Waals surface area contributed by atoms with Gasteiger partial charge in [0.2, 0.25) is 0 Å². The largest absolute Gasteiger partial charge is 0.495 e. The SMILES string of the molecule is COc1cc(B(O)O)c(F)c(F)c1S(C)(=O)=O. The molecule has 2 N–H and O–H groups in total. The molecular formula is C8H9BF2O5S. The van der Waals surface area contributed by atoms with Crippen molar-refractivity contribution in [3.8, 4) is 5.75 Å². The summed E-state index contributed by atoms with van der Waals surface area (Å²) in [5, 5.41) is 17.6. The van der Waals surface area contributed by atoms with Gasteiger partial charge in [-0.25, -0.2) is 17.2 Å². The fourth-order valence-electron chi connectivity index (χ4n) is 1.29. The van der Waals surface area contributed by atoms with Crippen molar-refractivity contribution in [3.05, 3.63) is 17.7 Å². The summed E-state index contributed by atoms with van der Waals surface area (Å²) in [6.07, 6.45) is 0.683. The van der Waals surface area contributed by atoms with E-state index in [1.54, 1.807) is 0 Å². The highest BCUT2D eigenvalue weighted by atomic mass is 32.2. The smallest absolute Gasteiger partial charge is 0.491 e. The molecule has 0 spiro atoms. The van der Waals surface area contributed by atoms with Gasteiger partial charge in [-0.1, -0.05) is 0 Å². The molecular weight excluding hydrogens is 257 g/mol. The zero-order valence-corrected chi connectivity index (χ0v) is 9.75. The van der Waals surface area contributed by atoms with Crippen LogP contribution in [-0.2, 0) is 9.84 Å². The Balaban J connectivity index is 3.71. The number of benzene rings is 1. The summed E-state index contributed by atoms with van der Waals surface area (Å²) in [5.74, 6) is -3.83. The standard InChI is InChI=1S/C8H9BF2O5S/c1-16-5-3-4(9(12)13)6(10)7(11)8(5)17(2,14)15/h3,12-13H,1-2H3. The average Bonchev–Trinajstić information content (AvgIpc) is 2.19. The van der Waals surface area contributed by atoms with Crippen LogP contribution < -0.4 is 10.2 Å². The van der Waals surface area contributed by atoms with Crippen molar-refractivity contribution in [2.75, 3.05) is 13.4 Å². The van der Waals surface area contributed by atoms with Crippen molar-refractivity contribution in [3.63, 3.8) is 0 Å². The molecule has 0 aromatic heterocycles. The first-order valence-electron chi connectivity index (χ1n) is 4.32. The lowest BCUT2D eigenvalue weighted by atomic mass is 9.79. The second kappa shape index (κ2) is 4.59. The van der Waals surface area contributed by atoms with Crippen molar-refractivity contribution in [1.82, 2.24) is 0 Å². The Morgan fingerprint density at radius 3 is 2.18 bits per heavy atom. The number of ether oxygens (including phenoxy) is 1. The molecule has 0 atom stereocenters. The molecule has 1 rings (SSSR count). The van der Waals surface area contributed by atoms with Crippen molar-refractivity contribution < 1.29 is 32.0 Å². The Morgan fingerprint density at radius 1 is 1.29 bits per heavy atom. The molecule has 9 heteroatoms. The Bertz CT molecular complexity index is 543. The van der Waals surface area contributed by atoms with E-state index in [0.29, 0.717) is 6.26 Å². The molecule has 1 aromatic rings. The van der Waals surface area contributed by atoms with Gasteiger partial charge in [0.15, 0.2) is 21.5 Å². The van der Waals surface area contributed by atoms with E-state index in [9.17, 15) is 17.2 Å². The molecule has 0 amide bonds. The van der Waals surface area contributed by atoms with Crippen LogP contribution in [0.3, 0.4) is 0 Å². The number of sulfone groups is 1. The summed E-state index contributed by atoms with van der Waals surface area (Å²) in [5.41, 5.74) is -0.799. The van der Waals surface area contributed by atoms with Gasteiger partial charge in [-0.2, -0.15) is 0 Å². The van der Waals surface area contributed by atoms with E-state index in [0.717, 1.165) is 13.2 Å². The molecule has 0 saturated carbocycles. The van der Waals surface area contributed by atoms with Gasteiger partial charge in [0.25, 0.3) is 0 Å². The minimum Gasteiger partial charge on any atom is -0.495 e. The monoisotopic (exact) mass is 266 g/mol. The van der Waals surface area contributed by atoms with Crippen LogP contribution in [0.25, 0.3) is 0 Å². The molecule has 0 aliphatic heterocycles. The van der Waals surface area contributed by atoms with E-state index in [1.807, 2.05) is 0 Å². The van der Waals surface area contributed by atoms with Crippen LogP contribution in [0, 0.1) is 11.6 Å². The normalized spacial score (nSPS) is 11.4. The van der Waals surface area contributed by atoms with Crippen LogP contribution in [-0.4, -0.2) is 38.9 Å². The maximum Gasteiger partial charge on any atom is 0.491 e. The maximum absolute atomic E-state index is 13.5. The molecule has 0 aliphatic rings. The number of hydrogen-bond acceptors (Lipinski definition) is 5. The molecule has 17 heavy (non-hydrogen) atoms. The fourth-order valence-corrected chi connectivity index (χ4v) is 2.21. The Hall–Kier alpha value is -1.19. The van der Waals surface area contributed by atoms with E-state index in [-0.39, 0.29) is 0 Å². The summed E-state index contributed by atoms with van der Waals surface area (Å²) >= 11 is 0. The Labute approximate surface area is 96.7 Å². The second-order valence-corrected chi connectivity index (χ2v) is 5.22. The lowest BCUT2D eigenvalue weighted by molar-refractivity contribution is 0.383. The lowest BCUT2D eigenvalue weighted by Crippen LogP contribution is -2.34. The first-order valence-corrected chi connectivity index (χ1v) is 6.21. The maximum atomic E-state index is 13.5. The molecule has 0 saturated heterocycles. The third-order valence-corrected chi connectivity index (χ3v) is 3.15. The van der Waals surface area contributed by atoms with Gasteiger partial charge >= 0.3 is 7.12 Å². The third kappa shape index (κ3) is 2.56. The summed E-state index contributed by atoms with van der Waals surface area (Å²) in [7, 11) is -5.27. The van der Waals surface area contributed by atoms with Crippen LogP contribution in [0.5, 0.6) is 5.75 Å². The Morgan fingerprint density at radius 2 is 1.82 bits per heavy atom. The molecule has 0 heterocycles. The zero-order chi connectivity index (χ0) is 13.4. The summed E-state index contributed by atoms with van der Waals surface area (Å²) in [6.45, 7) is 0. The Kier molecular flexibility index (Phi) is 3.75. The molecule has 0 fully saturated rings. The van der Waals surface area contributed by atoms with Gasteiger partial charge in [-0.3, -0.25) is 0 Å². The van der Waals surface area contributed by atoms with Gasteiger partial charge < -0.3 is 14.8 Å². The van der Waals surface area contributed by atoms with E-state index >= 15 is 0 Å². The van der Waals surface area contributed by atoms with E-state index in [2.05, 4.69) is 4.74 Å². The first kappa shape index (κ1) is 13.9. The van der Waals surface area contributed by atoms with Gasteiger partial charge in [0.1, 0.15) is 10.6 Å². The lowest BCUT2D eigenvalue weighted by Gasteiger charge is -2.11. The number of methoxy groups -OCH3 is 1. The first-order chi connectivity index (χ1) is 7.70. The van der Waals surface area contributed by atoms with Crippen LogP contribution in [0.2, 0.25) is 0 Å². The average molecular weight is 266 g/mol. The predicted octanol–water partition coefficient (Wildman–Crippen LogP) is -0.943. The van der Waals surface area contributed by atoms with Crippen LogP contribution in [0.1, 0.15) is 0 Å². The van der Waals surface area contributed by atoms with Crippen molar-refractivity contribution in [1.29, 1.82) is 0 Å². The fraction of sp³-hybridized carbons (Fsp3) is 0.250. The second-order valence-electron chi connectivity index (χ2n) is 3.27. The van der Waals surface area contributed by atoms with Gasteiger partial charge in [-0.05, 0) is 6.07 Å². The molecule has 0 aliphatic carbocycles.